The van der Waals surface area contributed by atoms with E-state index in [0.717, 1.165) is 55.4 Å². The molecule has 1 saturated heterocycles. The largest absolute Gasteiger partial charge is 0.354 e. The zero-order valence-corrected chi connectivity index (χ0v) is 17.9. The molecule has 2 N–H and O–H groups in total. The number of nitrogens with zero attached hydrogens (tertiary/aromatic N) is 5. The standard InChI is InChI=1S/C23H29N7O/c1-2-28-11-13-29(14-12-28)22-8-7-20(17-24-22)18-26-23(31)25-16-19-5-3-6-21(15-19)30-10-4-9-27-30/h3-10,15,17H,2,11-14,16,18H2,1H3,(H2,25,26,31). The van der Waals surface area contributed by atoms with Crippen LogP contribution in [0.2, 0.25) is 0 Å². The number of pyridine rings is 1. The number of amides is 2. The molecule has 0 radical (unpaired) electrons. The molecule has 8 nitrogen and oxygen atoms in total. The zero-order chi connectivity index (χ0) is 21.5. The highest BCUT2D eigenvalue weighted by Gasteiger charge is 2.16. The van der Waals surface area contributed by atoms with Gasteiger partial charge in [0.15, 0.2) is 0 Å². The SMILES string of the molecule is CCN1CCN(c2ccc(CNC(=O)NCc3cccc(-n4cccn4)c3)cn2)CC1. The maximum atomic E-state index is 12.2. The van der Waals surface area contributed by atoms with Gasteiger partial charge in [0.2, 0.25) is 0 Å². The molecule has 162 valence electrons. The average molecular weight is 420 g/mol. The minimum atomic E-state index is -0.204. The van der Waals surface area contributed by atoms with Gasteiger partial charge < -0.3 is 20.4 Å². The van der Waals surface area contributed by atoms with Gasteiger partial charge in [0.05, 0.1) is 5.69 Å². The van der Waals surface area contributed by atoms with Crippen LogP contribution >= 0.6 is 0 Å². The van der Waals surface area contributed by atoms with Crippen molar-refractivity contribution in [2.75, 3.05) is 37.6 Å². The molecule has 0 unspecified atom stereocenters. The normalized spacial score (nSPS) is 14.4. The van der Waals surface area contributed by atoms with Crippen molar-refractivity contribution in [2.45, 2.75) is 20.0 Å². The van der Waals surface area contributed by atoms with Crippen LogP contribution < -0.4 is 15.5 Å². The monoisotopic (exact) mass is 419 g/mol. The third kappa shape index (κ3) is 5.61. The minimum absolute atomic E-state index is 0.204. The van der Waals surface area contributed by atoms with Gasteiger partial charge in [-0.05, 0) is 41.9 Å². The van der Waals surface area contributed by atoms with E-state index in [4.69, 9.17) is 0 Å². The highest BCUT2D eigenvalue weighted by molar-refractivity contribution is 5.73. The Kier molecular flexibility index (Phi) is 6.78. The van der Waals surface area contributed by atoms with E-state index in [-0.39, 0.29) is 6.03 Å². The molecular weight excluding hydrogens is 390 g/mol. The van der Waals surface area contributed by atoms with Gasteiger partial charge in [0.1, 0.15) is 5.82 Å². The van der Waals surface area contributed by atoms with Gasteiger partial charge in [-0.2, -0.15) is 5.10 Å². The van der Waals surface area contributed by atoms with Crippen molar-refractivity contribution in [1.82, 2.24) is 30.3 Å². The van der Waals surface area contributed by atoms with Crippen molar-refractivity contribution in [3.8, 4) is 5.69 Å². The van der Waals surface area contributed by atoms with E-state index in [1.807, 2.05) is 54.9 Å². The van der Waals surface area contributed by atoms with Crippen LogP contribution in [0.15, 0.2) is 61.1 Å². The predicted octanol–water partition coefficient (Wildman–Crippen LogP) is 2.41. The quantitative estimate of drug-likeness (QED) is 0.615. The van der Waals surface area contributed by atoms with Crippen molar-refractivity contribution in [3.63, 3.8) is 0 Å². The van der Waals surface area contributed by atoms with Gasteiger partial charge >= 0.3 is 6.03 Å². The summed E-state index contributed by atoms with van der Waals surface area (Å²) in [5.41, 5.74) is 2.95. The molecule has 2 amide bonds. The summed E-state index contributed by atoms with van der Waals surface area (Å²) in [5.74, 6) is 1.00. The second-order valence-electron chi connectivity index (χ2n) is 7.60. The molecule has 3 aromatic rings. The summed E-state index contributed by atoms with van der Waals surface area (Å²) in [6.45, 7) is 8.34. The van der Waals surface area contributed by atoms with E-state index in [1.54, 1.807) is 10.9 Å². The van der Waals surface area contributed by atoms with Gasteiger partial charge in [0.25, 0.3) is 0 Å². The molecular formula is C23H29N7O. The lowest BCUT2D eigenvalue weighted by molar-refractivity contribution is 0.240. The number of likely N-dealkylation sites (N-methyl/N-ethyl adjacent to an activating group) is 1. The number of benzene rings is 1. The second-order valence-corrected chi connectivity index (χ2v) is 7.60. The first-order valence-corrected chi connectivity index (χ1v) is 10.7. The number of hydrogen-bond donors (Lipinski definition) is 2. The molecule has 1 aliphatic rings. The molecule has 2 aromatic heterocycles. The summed E-state index contributed by atoms with van der Waals surface area (Å²) in [4.78, 5) is 21.5. The maximum Gasteiger partial charge on any atom is 0.315 e. The van der Waals surface area contributed by atoms with Crippen LogP contribution in [0.1, 0.15) is 18.1 Å². The van der Waals surface area contributed by atoms with Crippen LogP contribution in [-0.4, -0.2) is 58.4 Å². The number of aromatic nitrogens is 3. The van der Waals surface area contributed by atoms with E-state index < -0.39 is 0 Å². The van der Waals surface area contributed by atoms with Gasteiger partial charge in [-0.15, -0.1) is 0 Å². The van der Waals surface area contributed by atoms with Crippen LogP contribution in [-0.2, 0) is 13.1 Å². The summed E-state index contributed by atoms with van der Waals surface area (Å²) in [7, 11) is 0. The van der Waals surface area contributed by atoms with Gasteiger partial charge in [-0.1, -0.05) is 25.1 Å². The van der Waals surface area contributed by atoms with E-state index in [9.17, 15) is 4.79 Å². The molecule has 1 fully saturated rings. The fourth-order valence-electron chi connectivity index (χ4n) is 3.66. The van der Waals surface area contributed by atoms with Crippen LogP contribution in [0.3, 0.4) is 0 Å². The van der Waals surface area contributed by atoms with E-state index in [1.165, 1.54) is 0 Å². The molecule has 0 bridgehead atoms. The number of nitrogens with one attached hydrogen (secondary N) is 2. The lowest BCUT2D eigenvalue weighted by Crippen LogP contribution is -2.46. The molecule has 3 heterocycles. The number of carbonyl (C=O) groups excluding carboxylic acids is 1. The van der Waals surface area contributed by atoms with Crippen LogP contribution in [0.5, 0.6) is 0 Å². The number of piperazine rings is 1. The lowest BCUT2D eigenvalue weighted by Gasteiger charge is -2.34. The molecule has 0 aliphatic carbocycles. The number of rotatable bonds is 7. The Morgan fingerprint density at radius 1 is 1.00 bits per heavy atom. The highest BCUT2D eigenvalue weighted by atomic mass is 16.2. The van der Waals surface area contributed by atoms with E-state index in [0.29, 0.717) is 13.1 Å². The smallest absolute Gasteiger partial charge is 0.315 e. The fraction of sp³-hybridized carbons (Fsp3) is 0.348. The van der Waals surface area contributed by atoms with Crippen molar-refractivity contribution in [1.29, 1.82) is 0 Å². The van der Waals surface area contributed by atoms with Gasteiger partial charge in [0, 0.05) is 57.9 Å². The molecule has 0 saturated carbocycles. The molecule has 8 heteroatoms. The van der Waals surface area contributed by atoms with Crippen LogP contribution in [0, 0.1) is 0 Å². The summed E-state index contributed by atoms with van der Waals surface area (Å²) < 4.78 is 1.80. The second kappa shape index (κ2) is 10.1. The first-order valence-electron chi connectivity index (χ1n) is 10.7. The predicted molar refractivity (Wildman–Crippen MR) is 121 cm³/mol. The summed E-state index contributed by atoms with van der Waals surface area (Å²) in [6, 6.07) is 13.7. The Morgan fingerprint density at radius 2 is 1.81 bits per heavy atom. The third-order valence-corrected chi connectivity index (χ3v) is 5.54. The van der Waals surface area contributed by atoms with Crippen LogP contribution in [0.4, 0.5) is 10.6 Å². The topological polar surface area (TPSA) is 78.3 Å². The molecule has 1 aliphatic heterocycles. The summed E-state index contributed by atoms with van der Waals surface area (Å²) in [5, 5.41) is 10.0. The molecule has 0 spiro atoms. The maximum absolute atomic E-state index is 12.2. The van der Waals surface area contributed by atoms with Gasteiger partial charge in [-0.25, -0.2) is 14.5 Å². The van der Waals surface area contributed by atoms with Crippen LogP contribution in [0.25, 0.3) is 5.69 Å². The molecule has 31 heavy (non-hydrogen) atoms. The lowest BCUT2D eigenvalue weighted by atomic mass is 10.2. The Morgan fingerprint density at radius 3 is 2.48 bits per heavy atom. The van der Waals surface area contributed by atoms with Crippen molar-refractivity contribution >= 4 is 11.8 Å². The van der Waals surface area contributed by atoms with Crippen molar-refractivity contribution in [2.24, 2.45) is 0 Å². The molecule has 0 atom stereocenters. The number of urea groups is 1. The van der Waals surface area contributed by atoms with E-state index in [2.05, 4.69) is 37.4 Å². The number of carbonyl (C=O) groups is 1. The fourth-order valence-corrected chi connectivity index (χ4v) is 3.66. The Labute approximate surface area is 182 Å². The number of anilines is 1. The zero-order valence-electron chi connectivity index (χ0n) is 17.9. The first kappa shape index (κ1) is 20.9. The Bertz CT molecular complexity index is 964. The molecule has 1 aromatic carbocycles. The Hall–Kier alpha value is -3.39. The summed E-state index contributed by atoms with van der Waals surface area (Å²) in [6.07, 6.45) is 5.48. The average Bonchev–Trinajstić information content (AvgIpc) is 3.37. The van der Waals surface area contributed by atoms with Crippen molar-refractivity contribution in [3.05, 3.63) is 72.2 Å². The molecule has 4 rings (SSSR count). The van der Waals surface area contributed by atoms with E-state index >= 15 is 0 Å². The Balaban J connectivity index is 1.22. The first-order chi connectivity index (χ1) is 15.2. The van der Waals surface area contributed by atoms with Gasteiger partial charge in [-0.3, -0.25) is 0 Å². The summed E-state index contributed by atoms with van der Waals surface area (Å²) >= 11 is 0. The van der Waals surface area contributed by atoms with Crippen molar-refractivity contribution < 1.29 is 4.79 Å². The number of hydrogen-bond acceptors (Lipinski definition) is 5. The highest BCUT2D eigenvalue weighted by Crippen LogP contribution is 2.14. The third-order valence-electron chi connectivity index (χ3n) is 5.54. The minimum Gasteiger partial charge on any atom is -0.354 e.